The Balaban J connectivity index is 1.69. The zero-order valence-electron chi connectivity index (χ0n) is 18.3. The zero-order chi connectivity index (χ0) is 21.2. The van der Waals surface area contributed by atoms with Crippen molar-refractivity contribution in [2.75, 3.05) is 6.54 Å². The summed E-state index contributed by atoms with van der Waals surface area (Å²) in [6, 6.07) is 8.23. The fourth-order valence-corrected chi connectivity index (χ4v) is 4.33. The van der Waals surface area contributed by atoms with Gasteiger partial charge in [0.2, 0.25) is 5.91 Å². The van der Waals surface area contributed by atoms with Crippen LogP contribution in [0.3, 0.4) is 0 Å². The Hall–Kier alpha value is -2.43. The number of H-pyrrole nitrogens is 1. The molecule has 1 N–H and O–H groups in total. The van der Waals surface area contributed by atoms with Gasteiger partial charge >= 0.3 is 0 Å². The average molecular weight is 396 g/mol. The zero-order valence-corrected chi connectivity index (χ0v) is 18.3. The van der Waals surface area contributed by atoms with Crippen LogP contribution in [-0.2, 0) is 24.2 Å². The van der Waals surface area contributed by atoms with E-state index in [0.717, 1.165) is 17.7 Å². The molecule has 0 bridgehead atoms. The molecule has 2 aromatic rings. The second kappa shape index (κ2) is 8.52. The van der Waals surface area contributed by atoms with Crippen LogP contribution < -0.4 is 5.56 Å². The van der Waals surface area contributed by atoms with E-state index < -0.39 is 0 Å². The van der Waals surface area contributed by atoms with Gasteiger partial charge in [-0.05, 0) is 30.2 Å². The van der Waals surface area contributed by atoms with Crippen molar-refractivity contribution in [3.8, 4) is 0 Å². The van der Waals surface area contributed by atoms with E-state index in [-0.39, 0.29) is 16.9 Å². The van der Waals surface area contributed by atoms with Crippen LogP contribution in [0.25, 0.3) is 0 Å². The quantitative estimate of drug-likeness (QED) is 0.832. The van der Waals surface area contributed by atoms with Gasteiger partial charge in [0.1, 0.15) is 5.82 Å². The number of aryl methyl sites for hydroxylation is 1. The number of rotatable bonds is 5. The number of amides is 1. The van der Waals surface area contributed by atoms with Gasteiger partial charge in [0.05, 0.1) is 17.8 Å². The molecule has 0 spiro atoms. The summed E-state index contributed by atoms with van der Waals surface area (Å²) < 4.78 is 0. The van der Waals surface area contributed by atoms with Gasteiger partial charge in [-0.3, -0.25) is 9.59 Å². The lowest BCUT2D eigenvalue weighted by Crippen LogP contribution is -2.40. The third kappa shape index (κ3) is 5.78. The van der Waals surface area contributed by atoms with E-state index in [4.69, 9.17) is 4.98 Å². The molecule has 0 aliphatic carbocycles. The van der Waals surface area contributed by atoms with Gasteiger partial charge in [0.25, 0.3) is 5.56 Å². The summed E-state index contributed by atoms with van der Waals surface area (Å²) in [4.78, 5) is 34.9. The van der Waals surface area contributed by atoms with Crippen LogP contribution in [0.4, 0.5) is 0 Å². The number of carbonyl (C=O) groups is 1. The van der Waals surface area contributed by atoms with E-state index in [1.165, 1.54) is 5.56 Å². The van der Waals surface area contributed by atoms with Crippen molar-refractivity contribution in [1.29, 1.82) is 0 Å². The van der Waals surface area contributed by atoms with Crippen molar-refractivity contribution < 1.29 is 4.79 Å². The highest BCUT2D eigenvalue weighted by Crippen LogP contribution is 2.27. The van der Waals surface area contributed by atoms with E-state index >= 15 is 0 Å². The smallest absolute Gasteiger partial charge is 0.256 e. The molecular formula is C24H33N3O2. The number of aromatic nitrogens is 2. The number of nitrogens with zero attached hydrogens (tertiary/aromatic N) is 2. The third-order valence-corrected chi connectivity index (χ3v) is 5.41. The summed E-state index contributed by atoms with van der Waals surface area (Å²) >= 11 is 0. The lowest BCUT2D eigenvalue weighted by molar-refractivity contribution is -0.133. The molecule has 29 heavy (non-hydrogen) atoms. The molecule has 5 nitrogen and oxygen atoms in total. The monoisotopic (exact) mass is 395 g/mol. The molecule has 1 aliphatic heterocycles. The summed E-state index contributed by atoms with van der Waals surface area (Å²) in [6.45, 7) is 11.8. The summed E-state index contributed by atoms with van der Waals surface area (Å²) in [6.07, 6.45) is 2.79. The molecule has 3 rings (SSSR count). The van der Waals surface area contributed by atoms with E-state index in [9.17, 15) is 9.59 Å². The first-order valence-electron chi connectivity index (χ1n) is 10.5. The van der Waals surface area contributed by atoms with Crippen molar-refractivity contribution in [3.05, 3.63) is 62.8 Å². The fraction of sp³-hybridized carbons (Fsp3) is 0.542. The first-order valence-corrected chi connectivity index (χ1v) is 10.5. The van der Waals surface area contributed by atoms with E-state index in [0.29, 0.717) is 49.7 Å². The van der Waals surface area contributed by atoms with Crippen LogP contribution in [-0.4, -0.2) is 27.3 Å². The standard InChI is InChI=1S/C24H33N3O2/c1-16-7-6-8-18(11-16)13-21-25-20-9-10-27(15-19(20)23(29)26-21)22(28)12-17(2)14-24(3,4)5/h6-8,11,17H,9-10,12-15H2,1-5H3,(H,25,26,29)/t17-/m0/s1. The van der Waals surface area contributed by atoms with Crippen LogP contribution in [0.5, 0.6) is 0 Å². The predicted molar refractivity (Wildman–Crippen MR) is 116 cm³/mol. The number of fused-ring (bicyclic) bond motifs is 1. The second-order valence-corrected chi connectivity index (χ2v) is 9.74. The second-order valence-electron chi connectivity index (χ2n) is 9.74. The number of hydrogen-bond acceptors (Lipinski definition) is 3. The van der Waals surface area contributed by atoms with Gasteiger partial charge in [-0.25, -0.2) is 4.98 Å². The SMILES string of the molecule is Cc1cccc(Cc2nc3c(c(=O)[nH]2)CN(C(=O)C[C@H](C)CC(C)(C)C)CC3)c1. The highest BCUT2D eigenvalue weighted by molar-refractivity contribution is 5.76. The maximum Gasteiger partial charge on any atom is 0.256 e. The Labute approximate surface area is 173 Å². The Bertz CT molecular complexity index is 940. The van der Waals surface area contributed by atoms with Crippen LogP contribution in [0, 0.1) is 18.3 Å². The normalized spacial score (nSPS) is 15.1. The number of aromatic amines is 1. The first-order chi connectivity index (χ1) is 13.6. The Kier molecular flexibility index (Phi) is 6.25. The Morgan fingerprint density at radius 3 is 2.76 bits per heavy atom. The predicted octanol–water partition coefficient (Wildman–Crippen LogP) is 4.02. The van der Waals surface area contributed by atoms with Gasteiger partial charge in [0.15, 0.2) is 0 Å². The van der Waals surface area contributed by atoms with Crippen molar-refractivity contribution in [3.63, 3.8) is 0 Å². The molecule has 0 fully saturated rings. The average Bonchev–Trinajstić information content (AvgIpc) is 2.59. The topological polar surface area (TPSA) is 66.1 Å². The summed E-state index contributed by atoms with van der Waals surface area (Å²) in [5.74, 6) is 1.16. The third-order valence-electron chi connectivity index (χ3n) is 5.41. The van der Waals surface area contributed by atoms with Gasteiger partial charge in [0, 0.05) is 25.8 Å². The summed E-state index contributed by atoms with van der Waals surface area (Å²) in [7, 11) is 0. The van der Waals surface area contributed by atoms with E-state index in [2.05, 4.69) is 51.7 Å². The Morgan fingerprint density at radius 1 is 1.31 bits per heavy atom. The molecule has 1 aliphatic rings. The van der Waals surface area contributed by atoms with Crippen molar-refractivity contribution in [1.82, 2.24) is 14.9 Å². The van der Waals surface area contributed by atoms with Gasteiger partial charge in [-0.2, -0.15) is 0 Å². The highest BCUT2D eigenvalue weighted by Gasteiger charge is 2.26. The fourth-order valence-electron chi connectivity index (χ4n) is 4.33. The largest absolute Gasteiger partial charge is 0.338 e. The molecule has 156 valence electrons. The number of carbonyl (C=O) groups excluding carboxylic acids is 1. The number of hydrogen-bond donors (Lipinski definition) is 1. The minimum atomic E-state index is -0.113. The van der Waals surface area contributed by atoms with Crippen molar-refractivity contribution in [2.45, 2.75) is 66.8 Å². The summed E-state index contributed by atoms with van der Waals surface area (Å²) in [5.41, 5.74) is 3.90. The Morgan fingerprint density at radius 2 is 2.07 bits per heavy atom. The highest BCUT2D eigenvalue weighted by atomic mass is 16.2. The maximum absolute atomic E-state index is 12.7. The minimum absolute atomic E-state index is 0.113. The van der Waals surface area contributed by atoms with Crippen LogP contribution >= 0.6 is 0 Å². The molecule has 0 unspecified atom stereocenters. The molecule has 0 radical (unpaired) electrons. The molecule has 1 aromatic carbocycles. The molecule has 1 amide bonds. The van der Waals surface area contributed by atoms with Crippen molar-refractivity contribution in [2.24, 2.45) is 11.3 Å². The molecular weight excluding hydrogens is 362 g/mol. The van der Waals surface area contributed by atoms with Gasteiger partial charge in [-0.1, -0.05) is 57.5 Å². The lowest BCUT2D eigenvalue weighted by Gasteiger charge is -2.30. The number of nitrogens with one attached hydrogen (secondary N) is 1. The van der Waals surface area contributed by atoms with Crippen LogP contribution in [0.15, 0.2) is 29.1 Å². The maximum atomic E-state index is 12.7. The molecule has 1 atom stereocenters. The first kappa shape index (κ1) is 21.3. The molecule has 5 heteroatoms. The molecule has 0 saturated heterocycles. The lowest BCUT2D eigenvalue weighted by atomic mass is 9.84. The van der Waals surface area contributed by atoms with Crippen LogP contribution in [0.2, 0.25) is 0 Å². The van der Waals surface area contributed by atoms with E-state index in [1.807, 2.05) is 17.0 Å². The van der Waals surface area contributed by atoms with Gasteiger partial charge < -0.3 is 9.88 Å². The molecule has 1 aromatic heterocycles. The van der Waals surface area contributed by atoms with Crippen LogP contribution in [0.1, 0.15) is 68.7 Å². The minimum Gasteiger partial charge on any atom is -0.338 e. The molecule has 2 heterocycles. The number of benzene rings is 1. The van der Waals surface area contributed by atoms with Gasteiger partial charge in [-0.15, -0.1) is 0 Å². The summed E-state index contributed by atoms with van der Waals surface area (Å²) in [5, 5.41) is 0. The van der Waals surface area contributed by atoms with Crippen molar-refractivity contribution >= 4 is 5.91 Å². The van der Waals surface area contributed by atoms with E-state index in [1.54, 1.807) is 0 Å². The molecule has 0 saturated carbocycles.